The first-order valence-electron chi connectivity index (χ1n) is 6.35. The first-order valence-corrected chi connectivity index (χ1v) is 6.35. The van der Waals surface area contributed by atoms with Crippen LogP contribution in [0, 0.1) is 5.92 Å². The molecule has 6 heteroatoms. The molecule has 0 fully saturated rings. The summed E-state index contributed by atoms with van der Waals surface area (Å²) in [5.74, 6) is 0.612. The highest BCUT2D eigenvalue weighted by Crippen LogP contribution is 2.26. The number of nitrogens with one attached hydrogen (secondary N) is 1. The van der Waals surface area contributed by atoms with Crippen molar-refractivity contribution in [2.75, 3.05) is 11.4 Å². The Balaban J connectivity index is 2.36. The highest BCUT2D eigenvalue weighted by Gasteiger charge is 2.32. The molecule has 1 aliphatic heterocycles. The van der Waals surface area contributed by atoms with Gasteiger partial charge in [-0.1, -0.05) is 6.92 Å². The van der Waals surface area contributed by atoms with E-state index in [1.54, 1.807) is 0 Å². The Morgan fingerprint density at radius 1 is 1.53 bits per heavy atom. The van der Waals surface area contributed by atoms with Crippen LogP contribution < -0.4 is 10.5 Å². The highest BCUT2D eigenvalue weighted by atomic mass is 16.6. The monoisotopic (exact) mass is 265 g/mol. The van der Waals surface area contributed by atoms with Crippen molar-refractivity contribution in [3.05, 3.63) is 22.2 Å². The molecule has 0 radical (unpaired) electrons. The summed E-state index contributed by atoms with van der Waals surface area (Å²) in [6.07, 6.45) is 1.48. The van der Waals surface area contributed by atoms with Crippen molar-refractivity contribution in [2.24, 2.45) is 5.92 Å². The average molecular weight is 265 g/mol. The van der Waals surface area contributed by atoms with E-state index in [2.05, 4.69) is 9.97 Å². The number of anilines is 1. The zero-order valence-electron chi connectivity index (χ0n) is 11.7. The predicted molar refractivity (Wildman–Crippen MR) is 71.3 cm³/mol. The van der Waals surface area contributed by atoms with E-state index in [0.29, 0.717) is 24.3 Å². The summed E-state index contributed by atoms with van der Waals surface area (Å²) in [5, 5.41) is 0. The topological polar surface area (TPSA) is 75.3 Å². The molecule has 1 aromatic rings. The number of ether oxygens (including phenoxy) is 1. The number of H-pyrrole nitrogens is 1. The van der Waals surface area contributed by atoms with Crippen molar-refractivity contribution < 1.29 is 9.53 Å². The molecule has 2 heterocycles. The van der Waals surface area contributed by atoms with Gasteiger partial charge in [-0.2, -0.15) is 0 Å². The first kappa shape index (κ1) is 13.6. The lowest BCUT2D eigenvalue weighted by atomic mass is 9.97. The molecule has 0 bridgehead atoms. The zero-order chi connectivity index (χ0) is 14.2. The van der Waals surface area contributed by atoms with Crippen LogP contribution in [0.25, 0.3) is 0 Å². The highest BCUT2D eigenvalue weighted by molar-refractivity contribution is 5.88. The van der Waals surface area contributed by atoms with Gasteiger partial charge in [0.1, 0.15) is 11.4 Å². The summed E-state index contributed by atoms with van der Waals surface area (Å²) in [5.41, 5.74) is -0.212. The normalized spacial score (nSPS) is 18.9. The minimum Gasteiger partial charge on any atom is -0.443 e. The Hall–Kier alpha value is -1.85. The third-order valence-corrected chi connectivity index (χ3v) is 2.84. The van der Waals surface area contributed by atoms with Crippen molar-refractivity contribution >= 4 is 11.9 Å². The fraction of sp³-hybridized carbons (Fsp3) is 0.615. The van der Waals surface area contributed by atoms with E-state index in [-0.39, 0.29) is 11.5 Å². The van der Waals surface area contributed by atoms with Crippen LogP contribution >= 0.6 is 0 Å². The molecule has 1 amide bonds. The molecule has 19 heavy (non-hydrogen) atoms. The van der Waals surface area contributed by atoms with Crippen molar-refractivity contribution in [3.8, 4) is 0 Å². The number of carbonyl (C=O) groups excluding carboxylic acids is 1. The van der Waals surface area contributed by atoms with Crippen molar-refractivity contribution in [1.82, 2.24) is 9.97 Å². The van der Waals surface area contributed by atoms with Gasteiger partial charge in [0.2, 0.25) is 0 Å². The quantitative estimate of drug-likeness (QED) is 0.774. The van der Waals surface area contributed by atoms with Gasteiger partial charge in [0.05, 0.1) is 11.9 Å². The van der Waals surface area contributed by atoms with Crippen molar-refractivity contribution in [1.29, 1.82) is 0 Å². The van der Waals surface area contributed by atoms with Crippen LogP contribution in [-0.4, -0.2) is 28.2 Å². The molecule has 104 valence electrons. The Bertz CT molecular complexity index is 545. The molecule has 1 N–H and O–H groups in total. The summed E-state index contributed by atoms with van der Waals surface area (Å²) < 4.78 is 5.36. The Labute approximate surface area is 111 Å². The van der Waals surface area contributed by atoms with E-state index in [9.17, 15) is 9.59 Å². The van der Waals surface area contributed by atoms with Gasteiger partial charge in [0.15, 0.2) is 0 Å². The van der Waals surface area contributed by atoms with E-state index in [0.717, 1.165) is 0 Å². The van der Waals surface area contributed by atoms with Crippen molar-refractivity contribution in [2.45, 2.75) is 39.7 Å². The molecule has 2 rings (SSSR count). The Morgan fingerprint density at radius 2 is 2.21 bits per heavy atom. The molecule has 0 unspecified atom stereocenters. The van der Waals surface area contributed by atoms with Gasteiger partial charge in [-0.3, -0.25) is 9.69 Å². The molecule has 0 aliphatic carbocycles. The van der Waals surface area contributed by atoms with Crippen molar-refractivity contribution in [3.63, 3.8) is 0 Å². The summed E-state index contributed by atoms with van der Waals surface area (Å²) in [6, 6.07) is 0. The summed E-state index contributed by atoms with van der Waals surface area (Å²) in [6.45, 7) is 7.93. The minimum absolute atomic E-state index is 0.190. The fourth-order valence-corrected chi connectivity index (χ4v) is 2.12. The lowest BCUT2D eigenvalue weighted by Crippen LogP contribution is -2.44. The molecule has 0 spiro atoms. The SMILES string of the molecule is C[C@H]1Cc2c(nc[nH]c2=O)N(C(=O)OC(C)(C)C)C1. The van der Waals surface area contributed by atoms with Gasteiger partial charge in [-0.15, -0.1) is 0 Å². The average Bonchev–Trinajstić information content (AvgIpc) is 2.27. The lowest BCUT2D eigenvalue weighted by Gasteiger charge is -2.32. The maximum absolute atomic E-state index is 12.2. The summed E-state index contributed by atoms with van der Waals surface area (Å²) in [4.78, 5) is 32.1. The van der Waals surface area contributed by atoms with Gasteiger partial charge >= 0.3 is 6.09 Å². The number of hydrogen-bond acceptors (Lipinski definition) is 4. The predicted octanol–water partition coefficient (Wildman–Crippen LogP) is 1.70. The minimum atomic E-state index is -0.570. The smallest absolute Gasteiger partial charge is 0.416 e. The number of nitrogens with zero attached hydrogens (tertiary/aromatic N) is 2. The second-order valence-corrected chi connectivity index (χ2v) is 5.93. The van der Waals surface area contributed by atoms with E-state index < -0.39 is 11.7 Å². The van der Waals surface area contributed by atoms with Gasteiger partial charge in [0, 0.05) is 6.54 Å². The maximum Gasteiger partial charge on any atom is 0.416 e. The van der Waals surface area contributed by atoms with E-state index in [4.69, 9.17) is 4.74 Å². The second kappa shape index (κ2) is 4.68. The number of aromatic amines is 1. The van der Waals surface area contributed by atoms with Crippen LogP contribution in [0.1, 0.15) is 33.3 Å². The summed E-state index contributed by atoms with van der Waals surface area (Å²) >= 11 is 0. The van der Waals surface area contributed by atoms with Gasteiger partial charge < -0.3 is 9.72 Å². The zero-order valence-corrected chi connectivity index (χ0v) is 11.7. The molecule has 0 aromatic carbocycles. The Kier molecular flexibility index (Phi) is 3.34. The lowest BCUT2D eigenvalue weighted by molar-refractivity contribution is 0.0570. The molecule has 0 saturated heterocycles. The van der Waals surface area contributed by atoms with E-state index in [1.807, 2.05) is 27.7 Å². The number of rotatable bonds is 0. The maximum atomic E-state index is 12.2. The largest absolute Gasteiger partial charge is 0.443 e. The standard InChI is InChI=1S/C13H19N3O3/c1-8-5-9-10(14-7-15-11(9)17)16(6-8)12(18)19-13(2,3)4/h7-8H,5-6H2,1-4H3,(H,14,15,17)/t8-/m0/s1. The molecule has 1 aliphatic rings. The van der Waals surface area contributed by atoms with Gasteiger partial charge in [0.25, 0.3) is 5.56 Å². The van der Waals surface area contributed by atoms with E-state index in [1.165, 1.54) is 11.2 Å². The molecule has 0 saturated carbocycles. The third kappa shape index (κ3) is 2.94. The third-order valence-electron chi connectivity index (χ3n) is 2.84. The van der Waals surface area contributed by atoms with Crippen LogP contribution in [0.4, 0.5) is 10.6 Å². The number of aromatic nitrogens is 2. The number of carbonyl (C=O) groups is 1. The van der Waals surface area contributed by atoms with Crippen LogP contribution in [0.2, 0.25) is 0 Å². The van der Waals surface area contributed by atoms with Gasteiger partial charge in [-0.05, 0) is 33.1 Å². The van der Waals surface area contributed by atoms with Crippen LogP contribution in [0.5, 0.6) is 0 Å². The summed E-state index contributed by atoms with van der Waals surface area (Å²) in [7, 11) is 0. The first-order chi connectivity index (χ1) is 8.78. The molecule has 1 atom stereocenters. The molecular weight excluding hydrogens is 246 g/mol. The van der Waals surface area contributed by atoms with Crippen LogP contribution in [-0.2, 0) is 11.2 Å². The van der Waals surface area contributed by atoms with Gasteiger partial charge in [-0.25, -0.2) is 9.78 Å². The number of fused-ring (bicyclic) bond motifs is 1. The number of hydrogen-bond donors (Lipinski definition) is 1. The van der Waals surface area contributed by atoms with Crippen LogP contribution in [0.3, 0.4) is 0 Å². The molecule has 1 aromatic heterocycles. The Morgan fingerprint density at radius 3 is 2.84 bits per heavy atom. The number of amides is 1. The van der Waals surface area contributed by atoms with Crippen LogP contribution in [0.15, 0.2) is 11.1 Å². The molecule has 6 nitrogen and oxygen atoms in total. The second-order valence-electron chi connectivity index (χ2n) is 5.93. The fourth-order valence-electron chi connectivity index (χ4n) is 2.12. The molecular formula is C13H19N3O3. The van der Waals surface area contributed by atoms with E-state index >= 15 is 0 Å².